The number of nitrogens with zero attached hydrogens (tertiary/aromatic N) is 4. The van der Waals surface area contributed by atoms with Crippen molar-refractivity contribution in [3.05, 3.63) is 87.5 Å². The molecule has 1 N–H and O–H groups in total. The quantitative estimate of drug-likeness (QED) is 0.358. The van der Waals surface area contributed by atoms with Gasteiger partial charge in [-0.1, -0.05) is 47.2 Å². The Balaban J connectivity index is 1.51. The first-order valence-electron chi connectivity index (χ1n) is 13.1. The third kappa shape index (κ3) is 5.16. The second-order valence-corrected chi connectivity index (χ2v) is 11.3. The van der Waals surface area contributed by atoms with Crippen LogP contribution in [-0.4, -0.2) is 43.1 Å². The first kappa shape index (κ1) is 25.9. The average Bonchev–Trinajstić information content (AvgIpc) is 3.16. The minimum atomic E-state index is -0.825. The third-order valence-corrected chi connectivity index (χ3v) is 7.60. The second kappa shape index (κ2) is 9.87. The zero-order chi connectivity index (χ0) is 27.2. The van der Waals surface area contributed by atoms with Crippen LogP contribution in [0.3, 0.4) is 0 Å². The van der Waals surface area contributed by atoms with E-state index in [1.165, 1.54) is 22.3 Å². The number of hydrogen-bond acceptors (Lipinski definition) is 5. The van der Waals surface area contributed by atoms with Gasteiger partial charge in [0.1, 0.15) is 16.9 Å². The highest BCUT2D eigenvalue weighted by Crippen LogP contribution is 2.35. The monoisotopic (exact) mass is 512 g/mol. The maximum Gasteiger partial charge on any atom is 0.304 e. The van der Waals surface area contributed by atoms with Gasteiger partial charge in [0, 0.05) is 38.2 Å². The Morgan fingerprint density at radius 2 is 1.89 bits per heavy atom. The van der Waals surface area contributed by atoms with E-state index in [4.69, 9.17) is 4.74 Å². The van der Waals surface area contributed by atoms with Crippen LogP contribution in [0.25, 0.3) is 11.0 Å². The number of carboxylic acid groups (broad SMARTS) is 1. The minimum absolute atomic E-state index is 0.00630. The number of carboxylic acids is 1. The summed E-state index contributed by atoms with van der Waals surface area (Å²) < 4.78 is 8.14. The van der Waals surface area contributed by atoms with Gasteiger partial charge < -0.3 is 9.84 Å². The molecule has 1 atom stereocenters. The second-order valence-electron chi connectivity index (χ2n) is 11.3. The molecular formula is C31H36N4O3. The van der Waals surface area contributed by atoms with E-state index in [1.807, 2.05) is 26.1 Å². The van der Waals surface area contributed by atoms with Crippen LogP contribution < -0.4 is 4.74 Å². The fourth-order valence-electron chi connectivity index (χ4n) is 5.74. The number of hydrogen-bond donors (Lipinski definition) is 1. The van der Waals surface area contributed by atoms with Crippen molar-refractivity contribution >= 4 is 17.0 Å². The lowest BCUT2D eigenvalue weighted by molar-refractivity contribution is -0.137. The molecule has 198 valence electrons. The first-order valence-corrected chi connectivity index (χ1v) is 13.1. The number of aromatic nitrogens is 3. The Kier molecular flexibility index (Phi) is 6.73. The highest BCUT2D eigenvalue weighted by atomic mass is 16.5. The summed E-state index contributed by atoms with van der Waals surface area (Å²) in [6.45, 7) is 12.8. The van der Waals surface area contributed by atoms with Crippen LogP contribution in [0.5, 0.6) is 5.75 Å². The zero-order valence-corrected chi connectivity index (χ0v) is 23.1. The molecule has 1 aliphatic heterocycles. The van der Waals surface area contributed by atoms with Crippen LogP contribution in [0.2, 0.25) is 0 Å². The van der Waals surface area contributed by atoms with E-state index in [0.717, 1.165) is 53.1 Å². The third-order valence-electron chi connectivity index (χ3n) is 7.60. The smallest absolute Gasteiger partial charge is 0.304 e. The van der Waals surface area contributed by atoms with Crippen molar-refractivity contribution in [3.8, 4) is 5.75 Å². The van der Waals surface area contributed by atoms with Gasteiger partial charge in [-0.2, -0.15) is 0 Å². The predicted molar refractivity (Wildman–Crippen MR) is 149 cm³/mol. The minimum Gasteiger partial charge on any atom is -0.486 e. The molecule has 38 heavy (non-hydrogen) atoms. The van der Waals surface area contributed by atoms with Crippen LogP contribution in [0.1, 0.15) is 65.1 Å². The van der Waals surface area contributed by atoms with E-state index < -0.39 is 5.97 Å². The number of ether oxygens (including phenoxy) is 1. The van der Waals surface area contributed by atoms with Gasteiger partial charge in [0.15, 0.2) is 0 Å². The van der Waals surface area contributed by atoms with E-state index in [9.17, 15) is 9.90 Å². The van der Waals surface area contributed by atoms with E-state index in [1.54, 1.807) is 4.68 Å². The summed E-state index contributed by atoms with van der Waals surface area (Å²) in [6, 6.07) is 16.8. The summed E-state index contributed by atoms with van der Waals surface area (Å²) >= 11 is 0. The number of fused-ring (bicyclic) bond motifs is 2. The summed E-state index contributed by atoms with van der Waals surface area (Å²) in [7, 11) is 1.87. The van der Waals surface area contributed by atoms with Crippen LogP contribution >= 0.6 is 0 Å². The van der Waals surface area contributed by atoms with Crippen LogP contribution in [0.15, 0.2) is 48.5 Å². The van der Waals surface area contributed by atoms with Crippen molar-refractivity contribution in [3.63, 3.8) is 0 Å². The number of aryl methyl sites for hydroxylation is 4. The van der Waals surface area contributed by atoms with Crippen molar-refractivity contribution in [1.29, 1.82) is 0 Å². The number of benzene rings is 3. The molecule has 7 heteroatoms. The Hall–Kier alpha value is -3.71. The standard InChI is InChI=1S/C31H36N4O3/c1-19-7-12-28-24(13-19)17-35(18-31(4,5)38-28)16-23-14-22(9-8-20(23)2)26(15-29(36)37)25-10-11-27-30(21(25)3)32-33-34(27)6/h7-14,26H,15-18H2,1-6H3,(H,36,37). The number of carbonyl (C=O) groups is 1. The molecule has 0 amide bonds. The van der Waals surface area contributed by atoms with Gasteiger partial charge in [-0.25, -0.2) is 4.68 Å². The van der Waals surface area contributed by atoms with Crippen molar-refractivity contribution in [2.45, 2.75) is 65.6 Å². The molecule has 0 aliphatic carbocycles. The largest absolute Gasteiger partial charge is 0.486 e. The van der Waals surface area contributed by atoms with Gasteiger partial charge >= 0.3 is 5.97 Å². The van der Waals surface area contributed by atoms with Crippen LogP contribution in [-0.2, 0) is 24.9 Å². The lowest BCUT2D eigenvalue weighted by Crippen LogP contribution is -2.40. The van der Waals surface area contributed by atoms with Gasteiger partial charge in [-0.15, -0.1) is 5.10 Å². The van der Waals surface area contributed by atoms with Gasteiger partial charge in [-0.3, -0.25) is 9.69 Å². The molecule has 3 aromatic carbocycles. The molecule has 2 heterocycles. The summed E-state index contributed by atoms with van der Waals surface area (Å²) in [4.78, 5) is 14.4. The Morgan fingerprint density at radius 3 is 2.66 bits per heavy atom. The molecule has 0 fully saturated rings. The molecule has 0 saturated heterocycles. The molecule has 1 unspecified atom stereocenters. The Bertz CT molecular complexity index is 1520. The van der Waals surface area contributed by atoms with E-state index in [2.05, 4.69) is 79.3 Å². The SMILES string of the molecule is Cc1ccc2c(c1)CN(Cc1cc(C(CC(=O)O)c3ccc4c(nnn4C)c3C)ccc1C)CC(C)(C)O2. The molecule has 0 spiro atoms. The predicted octanol–water partition coefficient (Wildman–Crippen LogP) is 5.67. The molecule has 5 rings (SSSR count). The molecule has 0 saturated carbocycles. The number of aliphatic carboxylic acids is 1. The van der Waals surface area contributed by atoms with Crippen molar-refractivity contribution in [2.75, 3.05) is 6.54 Å². The molecule has 1 aromatic heterocycles. The lowest BCUT2D eigenvalue weighted by Gasteiger charge is -2.30. The molecule has 7 nitrogen and oxygen atoms in total. The summed E-state index contributed by atoms with van der Waals surface area (Å²) in [5, 5.41) is 18.3. The summed E-state index contributed by atoms with van der Waals surface area (Å²) in [6.07, 6.45) is 0.00630. The Labute approximate surface area is 224 Å². The van der Waals surface area contributed by atoms with Crippen LogP contribution in [0, 0.1) is 20.8 Å². The Morgan fingerprint density at radius 1 is 1.11 bits per heavy atom. The molecular weight excluding hydrogens is 476 g/mol. The highest BCUT2D eigenvalue weighted by Gasteiger charge is 2.30. The number of rotatable bonds is 6. The molecule has 1 aliphatic rings. The van der Waals surface area contributed by atoms with Gasteiger partial charge in [0.05, 0.1) is 11.9 Å². The summed E-state index contributed by atoms with van der Waals surface area (Å²) in [5.41, 5.74) is 9.17. The fraction of sp³-hybridized carbons (Fsp3) is 0.387. The van der Waals surface area contributed by atoms with E-state index in [-0.39, 0.29) is 17.9 Å². The normalized spacial score (nSPS) is 16.1. The fourth-order valence-corrected chi connectivity index (χ4v) is 5.74. The van der Waals surface area contributed by atoms with Gasteiger partial charge in [0.25, 0.3) is 0 Å². The highest BCUT2D eigenvalue weighted by molar-refractivity contribution is 5.80. The maximum atomic E-state index is 12.0. The summed E-state index contributed by atoms with van der Waals surface area (Å²) in [5.74, 6) is -0.162. The van der Waals surface area contributed by atoms with Crippen LogP contribution in [0.4, 0.5) is 0 Å². The zero-order valence-electron chi connectivity index (χ0n) is 23.1. The van der Waals surface area contributed by atoms with E-state index in [0.29, 0.717) is 0 Å². The van der Waals surface area contributed by atoms with Gasteiger partial charge in [0.2, 0.25) is 0 Å². The average molecular weight is 513 g/mol. The topological polar surface area (TPSA) is 80.5 Å². The molecule has 4 aromatic rings. The van der Waals surface area contributed by atoms with E-state index >= 15 is 0 Å². The van der Waals surface area contributed by atoms with Crippen molar-refractivity contribution < 1.29 is 14.6 Å². The maximum absolute atomic E-state index is 12.0. The first-order chi connectivity index (χ1) is 18.0. The molecule has 0 bridgehead atoms. The van der Waals surface area contributed by atoms with Gasteiger partial charge in [-0.05, 0) is 74.6 Å². The molecule has 0 radical (unpaired) electrons. The van der Waals surface area contributed by atoms with Crippen molar-refractivity contribution in [2.24, 2.45) is 7.05 Å². The lowest BCUT2D eigenvalue weighted by atomic mass is 9.84. The van der Waals surface area contributed by atoms with Crippen molar-refractivity contribution in [1.82, 2.24) is 19.9 Å².